The third-order valence-electron chi connectivity index (χ3n) is 1.73. The number of halogens is 3. The van der Waals surface area contributed by atoms with E-state index in [9.17, 15) is 5.11 Å². The van der Waals surface area contributed by atoms with E-state index in [0.717, 1.165) is 9.35 Å². The average molecular weight is 418 g/mol. The Balaban J connectivity index is 2.36. The van der Waals surface area contributed by atoms with Crippen molar-refractivity contribution >= 4 is 59.1 Å². The molecule has 2 aromatic heterocycles. The molecule has 0 radical (unpaired) electrons. The van der Waals surface area contributed by atoms with Gasteiger partial charge in [-0.15, -0.1) is 11.3 Å². The number of aliphatic hydroxyl groups is 1. The van der Waals surface area contributed by atoms with E-state index in [1.807, 2.05) is 0 Å². The fourth-order valence-electron chi connectivity index (χ4n) is 1.05. The highest BCUT2D eigenvalue weighted by molar-refractivity contribution is 9.13. The summed E-state index contributed by atoms with van der Waals surface area (Å²) in [5.41, 5.74) is 1.66. The topological polar surface area (TPSA) is 46.3 Å². The predicted octanol–water partition coefficient (Wildman–Crippen LogP) is 4.11. The quantitative estimate of drug-likeness (QED) is 0.800. The number of thiazole rings is 1. The van der Waals surface area contributed by atoms with Gasteiger partial charge in [-0.2, -0.15) is 0 Å². The second-order valence-electron chi connectivity index (χ2n) is 2.68. The van der Waals surface area contributed by atoms with Crippen LogP contribution in [0, 0.1) is 0 Å². The number of rotatable bonds is 2. The van der Waals surface area contributed by atoms with Crippen molar-refractivity contribution in [1.29, 1.82) is 0 Å². The molecular formula is C8H4Br3NO2S. The number of aliphatic hydroxyl groups excluding tert-OH is 1. The lowest BCUT2D eigenvalue weighted by molar-refractivity contribution is 0.190. The highest BCUT2D eigenvalue weighted by Crippen LogP contribution is 2.36. The first-order valence-corrected chi connectivity index (χ1v) is 7.07. The van der Waals surface area contributed by atoms with E-state index >= 15 is 0 Å². The van der Waals surface area contributed by atoms with E-state index in [-0.39, 0.29) is 0 Å². The molecule has 0 aliphatic heterocycles. The van der Waals surface area contributed by atoms with Gasteiger partial charge in [0.1, 0.15) is 16.5 Å². The van der Waals surface area contributed by atoms with Crippen LogP contribution in [0.4, 0.5) is 0 Å². The van der Waals surface area contributed by atoms with Crippen molar-refractivity contribution in [2.75, 3.05) is 0 Å². The third-order valence-corrected chi connectivity index (χ3v) is 5.22. The van der Waals surface area contributed by atoms with Crippen LogP contribution in [-0.2, 0) is 0 Å². The van der Waals surface area contributed by atoms with Crippen molar-refractivity contribution in [2.45, 2.75) is 6.10 Å². The Bertz CT molecular complexity index is 462. The second-order valence-corrected chi connectivity index (χ2v) is 5.89. The minimum atomic E-state index is -0.797. The Kier molecular flexibility index (Phi) is 3.67. The van der Waals surface area contributed by atoms with Crippen LogP contribution in [-0.4, -0.2) is 10.1 Å². The molecule has 1 atom stereocenters. The first-order chi connectivity index (χ1) is 7.09. The first kappa shape index (κ1) is 11.8. The van der Waals surface area contributed by atoms with Gasteiger partial charge in [0.2, 0.25) is 0 Å². The van der Waals surface area contributed by atoms with E-state index in [1.165, 1.54) is 11.3 Å². The molecule has 15 heavy (non-hydrogen) atoms. The zero-order valence-electron chi connectivity index (χ0n) is 7.08. The molecule has 0 bridgehead atoms. The van der Waals surface area contributed by atoms with Crippen LogP contribution < -0.4 is 0 Å². The molecule has 0 aliphatic rings. The number of furan rings is 1. The Morgan fingerprint density at radius 1 is 1.40 bits per heavy atom. The third kappa shape index (κ3) is 2.36. The second kappa shape index (κ2) is 4.67. The van der Waals surface area contributed by atoms with Gasteiger partial charge in [0.25, 0.3) is 0 Å². The maximum absolute atomic E-state index is 10.0. The molecule has 2 rings (SSSR count). The largest absolute Gasteiger partial charge is 0.450 e. The van der Waals surface area contributed by atoms with Crippen molar-refractivity contribution in [2.24, 2.45) is 0 Å². The van der Waals surface area contributed by atoms with E-state index < -0.39 is 6.10 Å². The Labute approximate surface area is 115 Å². The number of hydrogen-bond acceptors (Lipinski definition) is 4. The molecule has 0 aliphatic carbocycles. The molecule has 0 spiro atoms. The minimum absolute atomic E-state index is 0.471. The predicted molar refractivity (Wildman–Crippen MR) is 68.0 cm³/mol. The number of nitrogens with zero attached hydrogens (tertiary/aromatic N) is 1. The van der Waals surface area contributed by atoms with Crippen LogP contribution in [0.5, 0.6) is 0 Å². The van der Waals surface area contributed by atoms with Gasteiger partial charge in [-0.05, 0) is 53.9 Å². The van der Waals surface area contributed by atoms with Crippen LogP contribution in [0.25, 0.3) is 0 Å². The van der Waals surface area contributed by atoms with Crippen LogP contribution in [0.2, 0.25) is 0 Å². The Hall–Kier alpha value is 0.310. The van der Waals surface area contributed by atoms with Crippen LogP contribution in [0.1, 0.15) is 16.7 Å². The summed E-state index contributed by atoms with van der Waals surface area (Å²) in [6, 6.07) is 1.72. The first-order valence-electron chi connectivity index (χ1n) is 3.81. The van der Waals surface area contributed by atoms with Crippen molar-refractivity contribution in [1.82, 2.24) is 4.98 Å². The summed E-state index contributed by atoms with van der Waals surface area (Å²) < 4.78 is 7.32. The van der Waals surface area contributed by atoms with E-state index in [0.29, 0.717) is 15.0 Å². The molecule has 3 nitrogen and oxygen atoms in total. The Morgan fingerprint density at radius 2 is 2.13 bits per heavy atom. The number of aromatic nitrogens is 1. The van der Waals surface area contributed by atoms with E-state index in [2.05, 4.69) is 52.8 Å². The molecule has 0 amide bonds. The van der Waals surface area contributed by atoms with Gasteiger partial charge in [0, 0.05) is 0 Å². The van der Waals surface area contributed by atoms with Gasteiger partial charge >= 0.3 is 0 Å². The molecular weight excluding hydrogens is 414 g/mol. The van der Waals surface area contributed by atoms with Crippen molar-refractivity contribution in [3.05, 3.63) is 36.0 Å². The molecule has 0 saturated heterocycles. The summed E-state index contributed by atoms with van der Waals surface area (Å²) in [4.78, 5) is 4.73. The zero-order chi connectivity index (χ0) is 11.0. The lowest BCUT2D eigenvalue weighted by Crippen LogP contribution is -1.95. The van der Waals surface area contributed by atoms with E-state index in [1.54, 1.807) is 11.6 Å². The molecule has 1 unspecified atom stereocenters. The molecule has 0 fully saturated rings. The van der Waals surface area contributed by atoms with E-state index in [4.69, 9.17) is 4.42 Å². The molecule has 0 saturated carbocycles. The zero-order valence-corrected chi connectivity index (χ0v) is 12.7. The maximum Gasteiger partial charge on any atom is 0.183 e. The smallest absolute Gasteiger partial charge is 0.183 e. The van der Waals surface area contributed by atoms with Crippen LogP contribution >= 0.6 is 59.1 Å². The summed E-state index contributed by atoms with van der Waals surface area (Å²) >= 11 is 11.1. The van der Waals surface area contributed by atoms with Crippen molar-refractivity contribution in [3.63, 3.8) is 0 Å². The van der Waals surface area contributed by atoms with Gasteiger partial charge in [0.15, 0.2) is 4.67 Å². The fraction of sp³-hybridized carbons (Fsp3) is 0.125. The standard InChI is InChI=1S/C8H4Br3NO2S/c9-3-1-4(14-8(3)11)5(13)6-7(10)12-2-15-6/h1-2,5,13H. The molecule has 1 N–H and O–H groups in total. The Morgan fingerprint density at radius 3 is 2.60 bits per heavy atom. The molecule has 7 heteroatoms. The van der Waals surface area contributed by atoms with Gasteiger partial charge in [-0.1, -0.05) is 0 Å². The normalized spacial score (nSPS) is 13.1. The summed E-state index contributed by atoms with van der Waals surface area (Å²) in [5, 5.41) is 10.0. The summed E-state index contributed by atoms with van der Waals surface area (Å²) in [5.74, 6) is 0.471. The summed E-state index contributed by atoms with van der Waals surface area (Å²) in [6.07, 6.45) is -0.797. The van der Waals surface area contributed by atoms with Crippen LogP contribution in [0.15, 0.2) is 29.7 Å². The van der Waals surface area contributed by atoms with Crippen molar-refractivity contribution < 1.29 is 9.52 Å². The average Bonchev–Trinajstić information content (AvgIpc) is 2.74. The van der Waals surface area contributed by atoms with Crippen molar-refractivity contribution in [3.8, 4) is 0 Å². The maximum atomic E-state index is 10.0. The highest BCUT2D eigenvalue weighted by Gasteiger charge is 2.20. The highest BCUT2D eigenvalue weighted by atomic mass is 79.9. The molecule has 80 valence electrons. The lowest BCUT2D eigenvalue weighted by Gasteiger charge is -2.04. The van der Waals surface area contributed by atoms with Gasteiger partial charge in [-0.3, -0.25) is 0 Å². The SMILES string of the molecule is OC(c1cc(Br)c(Br)o1)c1scnc1Br. The van der Waals surface area contributed by atoms with Gasteiger partial charge in [0.05, 0.1) is 14.9 Å². The minimum Gasteiger partial charge on any atom is -0.450 e. The fourth-order valence-corrected chi connectivity index (χ4v) is 3.06. The summed E-state index contributed by atoms with van der Waals surface area (Å²) in [6.45, 7) is 0. The van der Waals surface area contributed by atoms with Crippen LogP contribution in [0.3, 0.4) is 0 Å². The monoisotopic (exact) mass is 415 g/mol. The van der Waals surface area contributed by atoms with Gasteiger partial charge in [-0.25, -0.2) is 4.98 Å². The number of hydrogen-bond donors (Lipinski definition) is 1. The molecule has 0 aromatic carbocycles. The molecule has 2 aromatic rings. The summed E-state index contributed by atoms with van der Waals surface area (Å²) in [7, 11) is 0. The van der Waals surface area contributed by atoms with Gasteiger partial charge < -0.3 is 9.52 Å². The molecule has 2 heterocycles. The lowest BCUT2D eigenvalue weighted by atomic mass is 10.2.